The number of rotatable bonds is 3. The molecule has 2 nitrogen and oxygen atoms in total. The molecule has 0 aromatic carbocycles. The third-order valence-corrected chi connectivity index (χ3v) is 1.27. The van der Waals surface area contributed by atoms with Crippen LogP contribution < -0.4 is 0 Å². The summed E-state index contributed by atoms with van der Waals surface area (Å²) in [5.41, 5.74) is 0. The highest BCUT2D eigenvalue weighted by Crippen LogP contribution is 2.22. The van der Waals surface area contributed by atoms with Crippen molar-refractivity contribution in [3.63, 3.8) is 0 Å². The van der Waals surface area contributed by atoms with Crippen LogP contribution in [0.5, 0.6) is 0 Å². The molecule has 0 saturated heterocycles. The number of hydrogen-bond donors (Lipinski definition) is 2. The van der Waals surface area contributed by atoms with E-state index in [1.807, 2.05) is 0 Å². The monoisotopic (exact) mass is 124 g/mol. The van der Waals surface area contributed by atoms with Crippen molar-refractivity contribution < 1.29 is 10.2 Å². The molecule has 0 spiro atoms. The quantitative estimate of drug-likeness (QED) is 0.440. The van der Waals surface area contributed by atoms with Crippen molar-refractivity contribution >= 4 is 21.6 Å². The molecule has 0 amide bonds. The molecule has 0 saturated carbocycles. The van der Waals surface area contributed by atoms with Crippen molar-refractivity contribution in [2.45, 2.75) is 0 Å². The van der Waals surface area contributed by atoms with Crippen molar-refractivity contribution in [2.24, 2.45) is 0 Å². The lowest BCUT2D eigenvalue weighted by Gasteiger charge is -1.83. The minimum Gasteiger partial charge on any atom is -0.378 e. The molecular formula is C2H4O2S2. The van der Waals surface area contributed by atoms with E-state index in [-0.39, 0.29) is 0 Å². The number of aliphatic hydroxyl groups excluding tert-OH is 2. The Morgan fingerprint density at radius 2 is 1.33 bits per heavy atom. The number of aliphatic hydroxyl groups is 2. The Morgan fingerprint density at radius 3 is 1.50 bits per heavy atom. The third-order valence-electron chi connectivity index (χ3n) is 0.142. The molecule has 0 fully saturated rings. The highest BCUT2D eigenvalue weighted by Gasteiger charge is 1.79. The van der Waals surface area contributed by atoms with E-state index in [4.69, 9.17) is 10.2 Å². The van der Waals surface area contributed by atoms with E-state index in [0.29, 0.717) is 0 Å². The standard InChI is InChI=1S/C2H4O2S2/c3-1-5-6-2-4/h1-4H. The van der Waals surface area contributed by atoms with Gasteiger partial charge in [0.25, 0.3) is 0 Å². The normalized spacial score (nSPS) is 9.00. The van der Waals surface area contributed by atoms with Gasteiger partial charge in [-0.05, 0) is 0 Å². The molecule has 0 bridgehead atoms. The highest BCUT2D eigenvalue weighted by molar-refractivity contribution is 8.78. The van der Waals surface area contributed by atoms with Crippen molar-refractivity contribution in [1.82, 2.24) is 0 Å². The second kappa shape index (κ2) is 5.62. The van der Waals surface area contributed by atoms with Crippen LogP contribution in [0.15, 0.2) is 0 Å². The Bertz CT molecular complexity index is 21.5. The Hall–Kier alpha value is 0.620. The average molecular weight is 124 g/mol. The Labute approximate surface area is 44.3 Å². The van der Waals surface area contributed by atoms with Gasteiger partial charge in [-0.15, -0.1) is 0 Å². The lowest BCUT2D eigenvalue weighted by molar-refractivity contribution is 0.444. The first-order chi connectivity index (χ1) is 2.91. The first-order valence-corrected chi connectivity index (χ1v) is 3.43. The minimum absolute atomic E-state index is 0.900. The van der Waals surface area contributed by atoms with Gasteiger partial charge in [0, 0.05) is 0 Å². The van der Waals surface area contributed by atoms with Gasteiger partial charge in [-0.2, -0.15) is 0 Å². The van der Waals surface area contributed by atoms with Crippen LogP contribution in [0.3, 0.4) is 0 Å². The van der Waals surface area contributed by atoms with Crippen LogP contribution in [-0.4, -0.2) is 10.2 Å². The van der Waals surface area contributed by atoms with Gasteiger partial charge in [-0.1, -0.05) is 21.6 Å². The van der Waals surface area contributed by atoms with Gasteiger partial charge in [0.2, 0.25) is 0 Å². The van der Waals surface area contributed by atoms with E-state index in [0.717, 1.165) is 33.5 Å². The van der Waals surface area contributed by atoms with E-state index < -0.39 is 0 Å². The van der Waals surface area contributed by atoms with Crippen LogP contribution in [0.2, 0.25) is 0 Å². The zero-order valence-corrected chi connectivity index (χ0v) is 4.50. The molecule has 2 radical (unpaired) electrons. The zero-order valence-electron chi connectivity index (χ0n) is 2.87. The van der Waals surface area contributed by atoms with Gasteiger partial charge in [0.15, 0.2) is 0 Å². The van der Waals surface area contributed by atoms with Crippen molar-refractivity contribution in [2.75, 3.05) is 0 Å². The van der Waals surface area contributed by atoms with Crippen molar-refractivity contribution in [1.29, 1.82) is 0 Å². The van der Waals surface area contributed by atoms with Gasteiger partial charge in [-0.3, -0.25) is 0 Å². The summed E-state index contributed by atoms with van der Waals surface area (Å²) in [4.78, 5) is 0. The SMILES string of the molecule is O[CH]SS[CH]O. The molecule has 0 rings (SSSR count). The fourth-order valence-corrected chi connectivity index (χ4v) is 0.447. The molecule has 0 aromatic rings. The van der Waals surface area contributed by atoms with E-state index in [1.165, 1.54) is 0 Å². The second-order valence-electron chi connectivity index (χ2n) is 0.403. The summed E-state index contributed by atoms with van der Waals surface area (Å²) in [6.45, 7) is 0. The topological polar surface area (TPSA) is 40.5 Å². The fourth-order valence-electron chi connectivity index (χ4n) is 0.0497. The van der Waals surface area contributed by atoms with Crippen LogP contribution in [0.1, 0.15) is 0 Å². The largest absolute Gasteiger partial charge is 0.378 e. The molecular weight excluding hydrogens is 120 g/mol. The van der Waals surface area contributed by atoms with Gasteiger partial charge in [-0.25, -0.2) is 0 Å². The van der Waals surface area contributed by atoms with E-state index >= 15 is 0 Å². The molecule has 0 aromatic heterocycles. The maximum Gasteiger partial charge on any atom is 0.145 e. The number of hydrogen-bond acceptors (Lipinski definition) is 4. The molecule has 0 heterocycles. The molecule has 0 unspecified atom stereocenters. The predicted molar refractivity (Wildman–Crippen MR) is 27.7 cm³/mol. The van der Waals surface area contributed by atoms with Crippen molar-refractivity contribution in [3.05, 3.63) is 11.9 Å². The first-order valence-electron chi connectivity index (χ1n) is 1.15. The summed E-state index contributed by atoms with van der Waals surface area (Å²) in [5.74, 6) is 1.80. The van der Waals surface area contributed by atoms with E-state index in [1.54, 1.807) is 0 Å². The van der Waals surface area contributed by atoms with Gasteiger partial charge < -0.3 is 10.2 Å². The van der Waals surface area contributed by atoms with Crippen LogP contribution in [0.4, 0.5) is 0 Å². The Morgan fingerprint density at radius 1 is 1.00 bits per heavy atom. The molecule has 0 atom stereocenters. The lowest BCUT2D eigenvalue weighted by atomic mass is 11.7. The fraction of sp³-hybridized carbons (Fsp3) is 0. The Balaban J connectivity index is 2.34. The molecule has 0 aliphatic heterocycles. The van der Waals surface area contributed by atoms with Crippen LogP contribution in [-0.2, 0) is 0 Å². The molecule has 36 valence electrons. The summed E-state index contributed by atoms with van der Waals surface area (Å²) < 4.78 is 0. The summed E-state index contributed by atoms with van der Waals surface area (Å²) in [7, 11) is 2.10. The molecule has 6 heavy (non-hydrogen) atoms. The summed E-state index contributed by atoms with van der Waals surface area (Å²) in [6.07, 6.45) is 0. The van der Waals surface area contributed by atoms with E-state index in [2.05, 4.69) is 0 Å². The molecule has 2 N–H and O–H groups in total. The summed E-state index contributed by atoms with van der Waals surface area (Å²) >= 11 is 0. The highest BCUT2D eigenvalue weighted by atomic mass is 33.1. The smallest absolute Gasteiger partial charge is 0.145 e. The third kappa shape index (κ3) is 4.62. The first kappa shape index (κ1) is 6.62. The van der Waals surface area contributed by atoms with Crippen LogP contribution >= 0.6 is 21.6 Å². The lowest BCUT2D eigenvalue weighted by Crippen LogP contribution is -1.55. The zero-order chi connectivity index (χ0) is 4.83. The molecule has 4 heteroatoms. The maximum absolute atomic E-state index is 7.88. The molecule has 0 aliphatic carbocycles. The predicted octanol–water partition coefficient (Wildman–Crippen LogP) is 1.35. The van der Waals surface area contributed by atoms with Crippen LogP contribution in [0.25, 0.3) is 0 Å². The van der Waals surface area contributed by atoms with E-state index in [9.17, 15) is 0 Å². The van der Waals surface area contributed by atoms with Crippen LogP contribution in [0, 0.1) is 11.9 Å². The minimum atomic E-state index is 0.900. The average Bonchev–Trinajstić information content (AvgIpc) is 1.61. The van der Waals surface area contributed by atoms with Gasteiger partial charge >= 0.3 is 0 Å². The maximum atomic E-state index is 7.88. The Kier molecular flexibility index (Phi) is 6.20. The second-order valence-corrected chi connectivity index (χ2v) is 2.36. The molecule has 0 aliphatic rings. The summed E-state index contributed by atoms with van der Waals surface area (Å²) in [5, 5.41) is 15.8. The van der Waals surface area contributed by atoms with Gasteiger partial charge in [0.05, 0.1) is 0 Å². The van der Waals surface area contributed by atoms with Crippen molar-refractivity contribution in [3.8, 4) is 0 Å². The summed E-state index contributed by atoms with van der Waals surface area (Å²) in [6, 6.07) is 0. The van der Waals surface area contributed by atoms with Gasteiger partial charge in [0.1, 0.15) is 11.9 Å².